The summed E-state index contributed by atoms with van der Waals surface area (Å²) in [4.78, 5) is 69.2. The molecule has 2 aliphatic rings. The van der Waals surface area contributed by atoms with Gasteiger partial charge in [-0.3, -0.25) is 19.2 Å². The molecule has 0 bridgehead atoms. The predicted molar refractivity (Wildman–Crippen MR) is 170 cm³/mol. The summed E-state index contributed by atoms with van der Waals surface area (Å²) >= 11 is 5.57. The number of aromatic nitrogens is 1. The number of imide groups is 1. The lowest BCUT2D eigenvalue weighted by Gasteiger charge is -2.30. The van der Waals surface area contributed by atoms with Crippen molar-refractivity contribution in [3.63, 3.8) is 0 Å². The van der Waals surface area contributed by atoms with Gasteiger partial charge in [0, 0.05) is 26.5 Å². The Bertz CT molecular complexity index is 1820. The number of ether oxygens (including phenoxy) is 2. The molecule has 13 heteroatoms. The highest BCUT2D eigenvalue weighted by Gasteiger charge is 2.56. The van der Waals surface area contributed by atoms with Crippen LogP contribution in [0.1, 0.15) is 33.6 Å². The van der Waals surface area contributed by atoms with Gasteiger partial charge in [-0.15, -0.1) is 0 Å². The average Bonchev–Trinajstić information content (AvgIpc) is 3.51. The molecule has 3 atom stereocenters. The minimum Gasteiger partial charge on any atom is -0.483 e. The van der Waals surface area contributed by atoms with Crippen LogP contribution < -0.4 is 19.8 Å². The summed E-state index contributed by atoms with van der Waals surface area (Å²) in [6, 6.07) is 20.2. The second-order valence-electron chi connectivity index (χ2n) is 9.91. The van der Waals surface area contributed by atoms with Crippen LogP contribution in [0.5, 0.6) is 5.75 Å². The summed E-state index contributed by atoms with van der Waals surface area (Å²) in [5.74, 6) is -2.73. The van der Waals surface area contributed by atoms with Gasteiger partial charge < -0.3 is 19.8 Å². The Morgan fingerprint density at radius 3 is 2.43 bits per heavy atom. The highest BCUT2D eigenvalue weighted by atomic mass is 79.9. The van der Waals surface area contributed by atoms with Crippen molar-refractivity contribution in [2.24, 2.45) is 5.92 Å². The smallest absolute Gasteiger partial charge is 0.338 e. The van der Waals surface area contributed by atoms with Crippen molar-refractivity contribution in [3.05, 3.63) is 103 Å². The number of H-pyrrole nitrogens is 1. The summed E-state index contributed by atoms with van der Waals surface area (Å²) in [5.41, 5.74) is 1.89. The molecule has 4 aromatic rings. The third-order valence-corrected chi connectivity index (χ3v) is 10.1. The first kappa shape index (κ1) is 29.9. The highest BCUT2D eigenvalue weighted by Crippen LogP contribution is 2.54. The van der Waals surface area contributed by atoms with Gasteiger partial charge in [0.25, 0.3) is 5.91 Å². The molecule has 1 saturated heterocycles. The number of carbonyl (C=O) groups excluding carboxylic acids is 4. The molecule has 6 rings (SSSR count). The van der Waals surface area contributed by atoms with Crippen molar-refractivity contribution >= 4 is 74.1 Å². The second-order valence-corrected chi connectivity index (χ2v) is 13.0. The highest BCUT2D eigenvalue weighted by molar-refractivity contribution is 9.10. The van der Waals surface area contributed by atoms with Crippen molar-refractivity contribution in [1.29, 1.82) is 0 Å². The maximum atomic E-state index is 14.0. The number of halogens is 1. The number of nitrogens with one attached hydrogen (secondary N) is 2. The van der Waals surface area contributed by atoms with Crippen molar-refractivity contribution in [3.8, 4) is 5.75 Å². The Kier molecular flexibility index (Phi) is 8.43. The summed E-state index contributed by atoms with van der Waals surface area (Å²) in [6.45, 7) is 1.63. The number of fused-ring (bicyclic) bond motifs is 2. The zero-order chi connectivity index (χ0) is 31.0. The number of nitrogens with zero attached hydrogens (tertiary/aromatic N) is 1. The van der Waals surface area contributed by atoms with E-state index in [1.54, 1.807) is 79.7 Å². The zero-order valence-corrected chi connectivity index (χ0v) is 26.3. The van der Waals surface area contributed by atoms with E-state index in [0.29, 0.717) is 38.2 Å². The molecule has 10 nitrogen and oxygen atoms in total. The Morgan fingerprint density at radius 2 is 1.70 bits per heavy atom. The molecule has 3 aromatic carbocycles. The molecule has 44 heavy (non-hydrogen) atoms. The van der Waals surface area contributed by atoms with Gasteiger partial charge in [0.1, 0.15) is 11.0 Å². The predicted octanol–water partition coefficient (Wildman–Crippen LogP) is 5.19. The van der Waals surface area contributed by atoms with Gasteiger partial charge in [0.15, 0.2) is 6.61 Å². The van der Waals surface area contributed by atoms with Crippen molar-refractivity contribution < 1.29 is 28.7 Å². The Morgan fingerprint density at radius 1 is 0.977 bits per heavy atom. The number of anilines is 2. The van der Waals surface area contributed by atoms with Gasteiger partial charge in [-0.2, -0.15) is 0 Å². The molecule has 2 aliphatic heterocycles. The minimum absolute atomic E-state index is 0.259. The lowest BCUT2D eigenvalue weighted by atomic mass is 9.82. The topological polar surface area (TPSA) is 135 Å². The van der Waals surface area contributed by atoms with Crippen molar-refractivity contribution in [1.82, 2.24) is 4.98 Å². The van der Waals surface area contributed by atoms with Gasteiger partial charge >= 0.3 is 10.8 Å². The van der Waals surface area contributed by atoms with Gasteiger partial charge in [-0.1, -0.05) is 57.2 Å². The number of amides is 3. The van der Waals surface area contributed by atoms with E-state index in [2.05, 4.69) is 26.2 Å². The minimum atomic E-state index is -0.799. The molecule has 0 aliphatic carbocycles. The molecule has 3 amide bonds. The number of carbonyl (C=O) groups is 4. The van der Waals surface area contributed by atoms with Gasteiger partial charge in [-0.05, 0) is 61.5 Å². The maximum absolute atomic E-state index is 14.0. The molecule has 0 unspecified atom stereocenters. The van der Waals surface area contributed by atoms with E-state index in [4.69, 9.17) is 9.47 Å². The number of benzene rings is 3. The normalized spacial score (nSPS) is 18.9. The van der Waals surface area contributed by atoms with E-state index in [1.165, 1.54) is 16.7 Å². The molecule has 0 saturated carbocycles. The number of para-hydroxylation sites is 1. The SMILES string of the molecule is CCOC(=O)c1ccc(NC(=O)COc2ccccc2[C@@H]2c3sc(=O)[nH]c3S[C@H]3C(=O)N(c4ccc(Br)cc4)C(=O)[C@@H]23)cc1. The van der Waals surface area contributed by atoms with Crippen LogP contribution in [0.3, 0.4) is 0 Å². The Labute approximate surface area is 267 Å². The zero-order valence-electron chi connectivity index (χ0n) is 23.1. The summed E-state index contributed by atoms with van der Waals surface area (Å²) in [6.07, 6.45) is 0. The van der Waals surface area contributed by atoms with E-state index < -0.39 is 29.0 Å². The fourth-order valence-electron chi connectivity index (χ4n) is 5.31. The van der Waals surface area contributed by atoms with E-state index >= 15 is 0 Å². The Hall–Kier alpha value is -4.20. The van der Waals surface area contributed by atoms with Crippen LogP contribution >= 0.6 is 39.0 Å². The van der Waals surface area contributed by atoms with Crippen LogP contribution in [0.25, 0.3) is 0 Å². The molecule has 1 fully saturated rings. The van der Waals surface area contributed by atoms with E-state index in [9.17, 15) is 24.0 Å². The number of esters is 1. The molecule has 224 valence electrons. The molecule has 0 radical (unpaired) electrons. The molecule has 3 heterocycles. The lowest BCUT2D eigenvalue weighted by molar-refractivity contribution is -0.122. The molecule has 2 N–H and O–H groups in total. The largest absolute Gasteiger partial charge is 0.483 e. The number of aromatic amines is 1. The third kappa shape index (κ3) is 5.70. The van der Waals surface area contributed by atoms with E-state index in [0.717, 1.165) is 15.8 Å². The standard InChI is InChI=1S/C31H24BrN3O7S2/c1-2-41-30(39)16-7-11-18(12-8-16)33-22(36)15-42-21-6-4-3-5-20(21)23-24-26(43-27-25(23)44-31(40)34-27)29(38)35(28(24)37)19-13-9-17(32)10-14-19/h3-14,23-24,26H,2,15H2,1H3,(H,33,36)(H,34,40)/t23-,24-,26+/m0/s1. The maximum Gasteiger partial charge on any atom is 0.338 e. The van der Waals surface area contributed by atoms with Gasteiger partial charge in [0.05, 0.1) is 28.8 Å². The number of hydrogen-bond donors (Lipinski definition) is 2. The third-order valence-electron chi connectivity index (χ3n) is 7.20. The molecule has 0 spiro atoms. The van der Waals surface area contributed by atoms with Crippen molar-refractivity contribution in [2.75, 3.05) is 23.4 Å². The lowest BCUT2D eigenvalue weighted by Crippen LogP contribution is -2.32. The van der Waals surface area contributed by atoms with Gasteiger partial charge in [-0.25, -0.2) is 9.69 Å². The first-order valence-electron chi connectivity index (χ1n) is 13.6. The summed E-state index contributed by atoms with van der Waals surface area (Å²) < 4.78 is 11.8. The summed E-state index contributed by atoms with van der Waals surface area (Å²) in [7, 11) is 0. The Balaban J connectivity index is 1.26. The monoisotopic (exact) mass is 693 g/mol. The summed E-state index contributed by atoms with van der Waals surface area (Å²) in [5, 5.41) is 2.52. The number of hydrogen-bond acceptors (Lipinski definition) is 9. The second kappa shape index (κ2) is 12.4. The van der Waals surface area contributed by atoms with E-state index in [1.807, 2.05) is 0 Å². The fourth-order valence-corrected chi connectivity index (χ4v) is 8.08. The number of rotatable bonds is 8. The first-order valence-corrected chi connectivity index (χ1v) is 16.1. The van der Waals surface area contributed by atoms with Crippen LogP contribution in [0.2, 0.25) is 0 Å². The van der Waals surface area contributed by atoms with Crippen LogP contribution in [0, 0.1) is 5.92 Å². The van der Waals surface area contributed by atoms with Crippen LogP contribution in [0.15, 0.2) is 87.1 Å². The quantitative estimate of drug-likeness (QED) is 0.190. The molecular formula is C31H24BrN3O7S2. The van der Waals surface area contributed by atoms with Crippen molar-refractivity contribution in [2.45, 2.75) is 23.1 Å². The molecular weight excluding hydrogens is 670 g/mol. The van der Waals surface area contributed by atoms with Gasteiger partial charge in [0.2, 0.25) is 11.8 Å². The first-order chi connectivity index (χ1) is 21.2. The number of thioether (sulfide) groups is 1. The van der Waals surface area contributed by atoms with Crippen LogP contribution in [-0.2, 0) is 19.1 Å². The van der Waals surface area contributed by atoms with E-state index in [-0.39, 0.29) is 29.9 Å². The fraction of sp³-hybridized carbons (Fsp3) is 0.194. The van der Waals surface area contributed by atoms with Crippen LogP contribution in [-0.4, -0.2) is 47.1 Å². The van der Waals surface area contributed by atoms with Crippen LogP contribution in [0.4, 0.5) is 11.4 Å². The average molecular weight is 695 g/mol. The number of thiazole rings is 1. The molecule has 1 aromatic heterocycles.